The number of rotatable bonds is 2. The molecular weight excluding hydrogens is 214 g/mol. The highest BCUT2D eigenvalue weighted by molar-refractivity contribution is 5.94. The van der Waals surface area contributed by atoms with Gasteiger partial charge < -0.3 is 10.2 Å². The quantitative estimate of drug-likeness (QED) is 0.816. The highest BCUT2D eigenvalue weighted by Gasteiger charge is 2.27. The highest BCUT2D eigenvalue weighted by atomic mass is 19.1. The van der Waals surface area contributed by atoms with Crippen molar-refractivity contribution in [3.05, 3.63) is 35.4 Å². The lowest BCUT2D eigenvalue weighted by atomic mass is 10.1. The Kier molecular flexibility index (Phi) is 2.87. The number of nitrogens with one attached hydrogen (secondary N) is 1. The zero-order valence-corrected chi connectivity index (χ0v) is 8.84. The maximum Gasteiger partial charge on any atom is 0.256 e. The van der Waals surface area contributed by atoms with Gasteiger partial charge in [-0.3, -0.25) is 4.79 Å². The zero-order valence-electron chi connectivity index (χ0n) is 8.84. The lowest BCUT2D eigenvalue weighted by Gasteiger charge is -2.35. The number of carbonyl (C=O) groups is 1. The summed E-state index contributed by atoms with van der Waals surface area (Å²) in [6.07, 6.45) is 0. The van der Waals surface area contributed by atoms with E-state index in [2.05, 4.69) is 5.32 Å². The Morgan fingerprint density at radius 1 is 1.44 bits per heavy atom. The predicted molar refractivity (Wildman–Crippen MR) is 55.1 cm³/mol. The molecular formula is C11H12F2N2O. The molecule has 1 saturated heterocycles. The number of hydrogen-bond donors (Lipinski definition) is 1. The molecule has 0 atom stereocenters. The number of halogens is 2. The summed E-state index contributed by atoms with van der Waals surface area (Å²) >= 11 is 0. The van der Waals surface area contributed by atoms with E-state index in [0.717, 1.165) is 12.1 Å². The van der Waals surface area contributed by atoms with Gasteiger partial charge in [-0.2, -0.15) is 0 Å². The molecule has 2 rings (SSSR count). The molecule has 1 aromatic rings. The summed E-state index contributed by atoms with van der Waals surface area (Å²) in [6, 6.07) is 3.08. The van der Waals surface area contributed by atoms with Crippen molar-refractivity contribution < 1.29 is 13.6 Å². The van der Waals surface area contributed by atoms with Gasteiger partial charge >= 0.3 is 0 Å². The van der Waals surface area contributed by atoms with E-state index in [1.165, 1.54) is 11.0 Å². The Hall–Kier alpha value is -1.49. The van der Waals surface area contributed by atoms with Crippen LogP contribution >= 0.6 is 0 Å². The summed E-state index contributed by atoms with van der Waals surface area (Å²) in [5.74, 6) is -1.91. The first-order chi connectivity index (χ1) is 7.59. The first kappa shape index (κ1) is 11.0. The third kappa shape index (κ3) is 1.90. The van der Waals surface area contributed by atoms with Crippen LogP contribution < -0.4 is 5.32 Å². The molecule has 86 valence electrons. The Morgan fingerprint density at radius 2 is 2.12 bits per heavy atom. The molecule has 1 N–H and O–H groups in total. The number of likely N-dealkylation sites (N-methyl/N-ethyl adjacent to an activating group) is 1. The summed E-state index contributed by atoms with van der Waals surface area (Å²) < 4.78 is 26.0. The zero-order chi connectivity index (χ0) is 11.7. The van der Waals surface area contributed by atoms with Crippen molar-refractivity contribution in [3.8, 4) is 0 Å². The molecule has 1 aromatic carbocycles. The average Bonchev–Trinajstić information content (AvgIpc) is 2.14. The maximum atomic E-state index is 13.3. The normalized spacial score (nSPS) is 15.7. The van der Waals surface area contributed by atoms with E-state index in [-0.39, 0.29) is 11.6 Å². The van der Waals surface area contributed by atoms with E-state index in [1.54, 1.807) is 7.05 Å². The molecule has 3 nitrogen and oxygen atoms in total. The van der Waals surface area contributed by atoms with Crippen LogP contribution in [0.1, 0.15) is 10.4 Å². The number of amides is 1. The van der Waals surface area contributed by atoms with Crippen molar-refractivity contribution in [2.45, 2.75) is 6.04 Å². The molecule has 1 fully saturated rings. The fourth-order valence-electron chi connectivity index (χ4n) is 1.57. The number of hydrogen-bond acceptors (Lipinski definition) is 2. The van der Waals surface area contributed by atoms with Gasteiger partial charge in [0.25, 0.3) is 5.91 Å². The van der Waals surface area contributed by atoms with Crippen LogP contribution in [-0.4, -0.2) is 37.0 Å². The molecule has 1 heterocycles. The fourth-order valence-corrected chi connectivity index (χ4v) is 1.57. The van der Waals surface area contributed by atoms with E-state index in [9.17, 15) is 13.6 Å². The number of nitrogens with zero attached hydrogens (tertiary/aromatic N) is 1. The Balaban J connectivity index is 2.19. The van der Waals surface area contributed by atoms with Crippen LogP contribution in [0.3, 0.4) is 0 Å². The van der Waals surface area contributed by atoms with Crippen LogP contribution in [0, 0.1) is 11.6 Å². The molecule has 1 aliphatic rings. The molecule has 0 spiro atoms. The standard InChI is InChI=1S/C11H12F2N2O/c1-15(8-5-14-6-8)11(16)9-3-2-7(12)4-10(9)13/h2-4,8,14H,5-6H2,1H3. The minimum atomic E-state index is -0.816. The van der Waals surface area contributed by atoms with Crippen LogP contribution in [0.25, 0.3) is 0 Å². The van der Waals surface area contributed by atoms with Gasteiger partial charge in [0, 0.05) is 26.2 Å². The van der Waals surface area contributed by atoms with Crippen molar-refractivity contribution in [2.24, 2.45) is 0 Å². The first-order valence-corrected chi connectivity index (χ1v) is 5.02. The van der Waals surface area contributed by atoms with Gasteiger partial charge in [0.05, 0.1) is 11.6 Å². The fraction of sp³-hybridized carbons (Fsp3) is 0.364. The van der Waals surface area contributed by atoms with Crippen LogP contribution in [0.2, 0.25) is 0 Å². The molecule has 0 bridgehead atoms. The van der Waals surface area contributed by atoms with E-state index < -0.39 is 17.5 Å². The molecule has 5 heteroatoms. The SMILES string of the molecule is CN(C(=O)c1ccc(F)cc1F)C1CNC1. The van der Waals surface area contributed by atoms with Crippen molar-refractivity contribution in [1.82, 2.24) is 10.2 Å². The number of carbonyl (C=O) groups excluding carboxylic acids is 1. The molecule has 0 aromatic heterocycles. The van der Waals surface area contributed by atoms with Gasteiger partial charge in [-0.25, -0.2) is 8.78 Å². The summed E-state index contributed by atoms with van der Waals surface area (Å²) in [4.78, 5) is 13.3. The van der Waals surface area contributed by atoms with Crippen LogP contribution in [0.5, 0.6) is 0 Å². The summed E-state index contributed by atoms with van der Waals surface area (Å²) in [5.41, 5.74) is -0.0872. The van der Waals surface area contributed by atoms with E-state index in [4.69, 9.17) is 0 Å². The van der Waals surface area contributed by atoms with Crippen molar-refractivity contribution >= 4 is 5.91 Å². The summed E-state index contributed by atoms with van der Waals surface area (Å²) in [6.45, 7) is 1.43. The van der Waals surface area contributed by atoms with Gasteiger partial charge in [0.15, 0.2) is 0 Å². The van der Waals surface area contributed by atoms with Crippen molar-refractivity contribution in [2.75, 3.05) is 20.1 Å². The Bertz CT molecular complexity index is 418. The van der Waals surface area contributed by atoms with Gasteiger partial charge in [-0.15, -0.1) is 0 Å². The lowest BCUT2D eigenvalue weighted by molar-refractivity contribution is 0.0676. The van der Waals surface area contributed by atoms with E-state index in [1.807, 2.05) is 0 Å². The highest BCUT2D eigenvalue weighted by Crippen LogP contribution is 2.14. The monoisotopic (exact) mass is 226 g/mol. The maximum absolute atomic E-state index is 13.3. The topological polar surface area (TPSA) is 32.3 Å². The third-order valence-corrected chi connectivity index (χ3v) is 2.79. The minimum absolute atomic E-state index is 0.0872. The lowest BCUT2D eigenvalue weighted by Crippen LogP contribution is -2.57. The molecule has 0 aliphatic carbocycles. The van der Waals surface area contributed by atoms with Crippen molar-refractivity contribution in [3.63, 3.8) is 0 Å². The molecule has 0 radical (unpaired) electrons. The van der Waals surface area contributed by atoms with Gasteiger partial charge in [-0.1, -0.05) is 0 Å². The van der Waals surface area contributed by atoms with Crippen LogP contribution in [-0.2, 0) is 0 Å². The van der Waals surface area contributed by atoms with Crippen LogP contribution in [0.15, 0.2) is 18.2 Å². The molecule has 0 saturated carbocycles. The average molecular weight is 226 g/mol. The smallest absolute Gasteiger partial charge is 0.256 e. The van der Waals surface area contributed by atoms with E-state index in [0.29, 0.717) is 13.1 Å². The molecule has 1 aliphatic heterocycles. The minimum Gasteiger partial charge on any atom is -0.336 e. The first-order valence-electron chi connectivity index (χ1n) is 5.02. The predicted octanol–water partition coefficient (Wildman–Crippen LogP) is 1.01. The second-order valence-corrected chi connectivity index (χ2v) is 3.85. The second-order valence-electron chi connectivity index (χ2n) is 3.85. The van der Waals surface area contributed by atoms with Crippen LogP contribution in [0.4, 0.5) is 8.78 Å². The Morgan fingerprint density at radius 3 is 2.62 bits per heavy atom. The largest absolute Gasteiger partial charge is 0.336 e. The van der Waals surface area contributed by atoms with E-state index >= 15 is 0 Å². The molecule has 16 heavy (non-hydrogen) atoms. The summed E-state index contributed by atoms with van der Waals surface area (Å²) in [5, 5.41) is 3.02. The van der Waals surface area contributed by atoms with Gasteiger partial charge in [0.2, 0.25) is 0 Å². The van der Waals surface area contributed by atoms with Gasteiger partial charge in [-0.05, 0) is 12.1 Å². The third-order valence-electron chi connectivity index (χ3n) is 2.79. The molecule has 1 amide bonds. The van der Waals surface area contributed by atoms with Crippen molar-refractivity contribution in [1.29, 1.82) is 0 Å². The molecule has 0 unspecified atom stereocenters. The summed E-state index contributed by atoms with van der Waals surface area (Å²) in [7, 11) is 1.62. The second kappa shape index (κ2) is 4.17. The Labute approximate surface area is 92.1 Å². The van der Waals surface area contributed by atoms with Gasteiger partial charge in [0.1, 0.15) is 11.6 Å². The number of benzene rings is 1.